The van der Waals surface area contributed by atoms with Crippen molar-refractivity contribution in [3.05, 3.63) is 63.1 Å². The number of hydrogen-bond acceptors (Lipinski definition) is 2. The fourth-order valence-corrected chi connectivity index (χ4v) is 4.69. The zero-order valence-electron chi connectivity index (χ0n) is 14.8. The van der Waals surface area contributed by atoms with Gasteiger partial charge >= 0.3 is 0 Å². The Morgan fingerprint density at radius 2 is 1.96 bits per heavy atom. The third-order valence-electron chi connectivity index (χ3n) is 5.40. The second-order valence-corrected chi connectivity index (χ2v) is 8.15. The van der Waals surface area contributed by atoms with Crippen molar-refractivity contribution in [1.29, 1.82) is 0 Å². The number of likely N-dealkylation sites (N-methyl/N-ethyl adjacent to an activating group) is 1. The lowest BCUT2D eigenvalue weighted by atomic mass is 9.84. The summed E-state index contributed by atoms with van der Waals surface area (Å²) in [6, 6.07) is 12.2. The molecule has 0 saturated carbocycles. The van der Waals surface area contributed by atoms with Crippen LogP contribution in [0, 0.1) is 0 Å². The highest BCUT2D eigenvalue weighted by atomic mass is 35.5. The van der Waals surface area contributed by atoms with Crippen LogP contribution in [0.3, 0.4) is 0 Å². The van der Waals surface area contributed by atoms with Crippen molar-refractivity contribution < 1.29 is 4.79 Å². The van der Waals surface area contributed by atoms with Gasteiger partial charge in [0.15, 0.2) is 0 Å². The number of amides is 1. The Balaban J connectivity index is 1.75. The molecule has 0 aromatic heterocycles. The summed E-state index contributed by atoms with van der Waals surface area (Å²) in [5.41, 5.74) is 4.54. The number of carbonyl (C=O) groups is 1. The molecule has 2 aromatic carbocycles. The van der Waals surface area contributed by atoms with E-state index in [1.165, 1.54) is 11.1 Å². The molecular weight excluding hydrogens is 367 g/mol. The average molecular weight is 389 g/mol. The molecule has 1 atom stereocenters. The first-order valence-corrected chi connectivity index (χ1v) is 9.85. The lowest BCUT2D eigenvalue weighted by Gasteiger charge is -2.34. The lowest BCUT2D eigenvalue weighted by molar-refractivity contribution is -0.119. The zero-order chi connectivity index (χ0) is 18.3. The second-order valence-electron chi connectivity index (χ2n) is 7.30. The van der Waals surface area contributed by atoms with Crippen LogP contribution in [0.5, 0.6) is 0 Å². The number of benzene rings is 2. The molecule has 2 aromatic rings. The lowest BCUT2D eigenvalue weighted by Crippen LogP contribution is -2.35. The number of fused-ring (bicyclic) bond motifs is 1. The van der Waals surface area contributed by atoms with Gasteiger partial charge in [-0.25, -0.2) is 0 Å². The van der Waals surface area contributed by atoms with Crippen molar-refractivity contribution in [1.82, 2.24) is 4.90 Å². The summed E-state index contributed by atoms with van der Waals surface area (Å²) in [5, 5.41) is 1.40. The summed E-state index contributed by atoms with van der Waals surface area (Å²) in [4.78, 5) is 16.5. The monoisotopic (exact) mass is 388 g/mol. The van der Waals surface area contributed by atoms with Crippen LogP contribution in [0.1, 0.15) is 41.9 Å². The molecule has 5 heteroatoms. The maximum atomic E-state index is 12.3. The van der Waals surface area contributed by atoms with Crippen molar-refractivity contribution in [2.24, 2.45) is 0 Å². The van der Waals surface area contributed by atoms with E-state index in [1.54, 1.807) is 0 Å². The maximum absolute atomic E-state index is 12.3. The van der Waals surface area contributed by atoms with Crippen LogP contribution in [0.4, 0.5) is 5.69 Å². The number of nitrogens with zero attached hydrogens (tertiary/aromatic N) is 2. The molecule has 2 heterocycles. The van der Waals surface area contributed by atoms with Gasteiger partial charge in [-0.3, -0.25) is 4.79 Å². The van der Waals surface area contributed by atoms with E-state index in [0.29, 0.717) is 11.4 Å². The molecule has 0 radical (unpaired) electrons. The zero-order valence-corrected chi connectivity index (χ0v) is 16.4. The summed E-state index contributed by atoms with van der Waals surface area (Å²) in [6.45, 7) is 2.54. The van der Waals surface area contributed by atoms with E-state index in [-0.39, 0.29) is 11.8 Å². The Morgan fingerprint density at radius 3 is 2.77 bits per heavy atom. The predicted octanol–water partition coefficient (Wildman–Crippen LogP) is 5.09. The van der Waals surface area contributed by atoms with Gasteiger partial charge in [0.05, 0.1) is 0 Å². The van der Waals surface area contributed by atoms with Gasteiger partial charge < -0.3 is 9.80 Å². The number of rotatable bonds is 2. The highest BCUT2D eigenvalue weighted by Gasteiger charge is 2.28. The quantitative estimate of drug-likeness (QED) is 0.715. The topological polar surface area (TPSA) is 23.6 Å². The van der Waals surface area contributed by atoms with Crippen LogP contribution < -0.4 is 4.90 Å². The molecule has 0 bridgehead atoms. The molecule has 0 spiro atoms. The van der Waals surface area contributed by atoms with E-state index in [1.807, 2.05) is 29.2 Å². The first-order valence-electron chi connectivity index (χ1n) is 9.09. The third kappa shape index (κ3) is 3.36. The van der Waals surface area contributed by atoms with E-state index >= 15 is 0 Å². The summed E-state index contributed by atoms with van der Waals surface area (Å²) in [7, 11) is 2.11. The molecule has 3 nitrogen and oxygen atoms in total. The van der Waals surface area contributed by atoms with Gasteiger partial charge in [0.25, 0.3) is 0 Å². The van der Waals surface area contributed by atoms with Gasteiger partial charge in [-0.1, -0.05) is 35.3 Å². The summed E-state index contributed by atoms with van der Waals surface area (Å²) >= 11 is 12.8. The minimum atomic E-state index is 0.194. The summed E-state index contributed by atoms with van der Waals surface area (Å²) in [5.74, 6) is 0.417. The van der Waals surface area contributed by atoms with E-state index < -0.39 is 0 Å². The highest BCUT2D eigenvalue weighted by molar-refractivity contribution is 6.35. The Kier molecular flexibility index (Phi) is 4.96. The van der Waals surface area contributed by atoms with Crippen LogP contribution >= 0.6 is 23.2 Å². The van der Waals surface area contributed by atoms with Gasteiger partial charge in [0, 0.05) is 47.7 Å². The molecule has 2 aliphatic rings. The standard InChI is InChI=1S/C21H22Cl2N2O/c1-24-12-18(17-10-15(22)11-20(23)19(17)13-24)14-5-4-6-16(9-14)25-8-3-2-7-21(25)26/h4-6,9-11,18H,2-3,7-8,12-13H2,1H3. The number of hydrogen-bond donors (Lipinski definition) is 0. The first kappa shape index (κ1) is 17.8. The minimum absolute atomic E-state index is 0.194. The van der Waals surface area contributed by atoms with Crippen molar-refractivity contribution in [3.63, 3.8) is 0 Å². The second kappa shape index (κ2) is 7.22. The first-order chi connectivity index (χ1) is 12.5. The molecule has 1 fully saturated rings. The van der Waals surface area contributed by atoms with Crippen LogP contribution in [-0.4, -0.2) is 30.9 Å². The van der Waals surface area contributed by atoms with E-state index in [2.05, 4.69) is 24.1 Å². The molecule has 0 aliphatic carbocycles. The SMILES string of the molecule is CN1Cc2c(Cl)cc(Cl)cc2C(c2cccc(N3CCCCC3=O)c2)C1. The normalized spacial score (nSPS) is 21.0. The van der Waals surface area contributed by atoms with Gasteiger partial charge in [-0.05, 0) is 60.8 Å². The molecule has 136 valence electrons. The average Bonchev–Trinajstić information content (AvgIpc) is 2.62. The number of anilines is 1. The van der Waals surface area contributed by atoms with Crippen LogP contribution in [-0.2, 0) is 11.3 Å². The fourth-order valence-electron chi connectivity index (χ4n) is 4.12. The number of carbonyl (C=O) groups excluding carboxylic acids is 1. The molecule has 2 aliphatic heterocycles. The molecular formula is C21H22Cl2N2O. The number of piperidine rings is 1. The van der Waals surface area contributed by atoms with Crippen molar-refractivity contribution >= 4 is 34.8 Å². The Morgan fingerprint density at radius 1 is 1.12 bits per heavy atom. The molecule has 1 saturated heterocycles. The van der Waals surface area contributed by atoms with Crippen molar-refractivity contribution in [2.75, 3.05) is 25.0 Å². The summed E-state index contributed by atoms with van der Waals surface area (Å²) < 4.78 is 0. The van der Waals surface area contributed by atoms with Gasteiger partial charge in [-0.2, -0.15) is 0 Å². The van der Waals surface area contributed by atoms with Gasteiger partial charge in [0.1, 0.15) is 0 Å². The predicted molar refractivity (Wildman–Crippen MR) is 107 cm³/mol. The van der Waals surface area contributed by atoms with Gasteiger partial charge in [-0.15, -0.1) is 0 Å². The highest BCUT2D eigenvalue weighted by Crippen LogP contribution is 2.39. The van der Waals surface area contributed by atoms with Gasteiger partial charge in [0.2, 0.25) is 5.91 Å². The summed E-state index contributed by atoms with van der Waals surface area (Å²) in [6.07, 6.45) is 2.70. The minimum Gasteiger partial charge on any atom is -0.312 e. The molecule has 0 N–H and O–H groups in total. The van der Waals surface area contributed by atoms with E-state index in [9.17, 15) is 4.79 Å². The third-order valence-corrected chi connectivity index (χ3v) is 5.96. The molecule has 1 unspecified atom stereocenters. The Hall–Kier alpha value is -1.55. The number of halogens is 2. The maximum Gasteiger partial charge on any atom is 0.226 e. The fraction of sp³-hybridized carbons (Fsp3) is 0.381. The van der Waals surface area contributed by atoms with Crippen LogP contribution in [0.15, 0.2) is 36.4 Å². The Labute approximate surface area is 164 Å². The Bertz CT molecular complexity index is 852. The molecule has 26 heavy (non-hydrogen) atoms. The molecule has 1 amide bonds. The van der Waals surface area contributed by atoms with Crippen LogP contribution in [0.25, 0.3) is 0 Å². The van der Waals surface area contributed by atoms with Crippen molar-refractivity contribution in [2.45, 2.75) is 31.7 Å². The largest absolute Gasteiger partial charge is 0.312 e. The van der Waals surface area contributed by atoms with E-state index in [0.717, 1.165) is 48.7 Å². The smallest absolute Gasteiger partial charge is 0.226 e. The van der Waals surface area contributed by atoms with E-state index in [4.69, 9.17) is 23.2 Å². The van der Waals surface area contributed by atoms with Crippen molar-refractivity contribution in [3.8, 4) is 0 Å². The molecule has 4 rings (SSSR count). The van der Waals surface area contributed by atoms with Crippen LogP contribution in [0.2, 0.25) is 10.0 Å².